The Balaban J connectivity index is 2.04. The predicted molar refractivity (Wildman–Crippen MR) is 59.9 cm³/mol. The van der Waals surface area contributed by atoms with Crippen molar-refractivity contribution < 1.29 is 36.3 Å². The fourth-order valence-corrected chi connectivity index (χ4v) is 2.68. The van der Waals surface area contributed by atoms with Crippen molar-refractivity contribution in [3.8, 4) is 0 Å². The average Bonchev–Trinajstić information content (AvgIpc) is 2.96. The molecule has 0 aromatic rings. The highest BCUT2D eigenvalue weighted by molar-refractivity contribution is 7.81. The van der Waals surface area contributed by atoms with Gasteiger partial charge in [0.05, 0.1) is 18.1 Å². The van der Waals surface area contributed by atoms with E-state index >= 15 is 0 Å². The normalized spacial score (nSPS) is 33.5. The van der Waals surface area contributed by atoms with Gasteiger partial charge in [0, 0.05) is 19.6 Å². The van der Waals surface area contributed by atoms with Crippen LogP contribution in [0.15, 0.2) is 12.2 Å². The van der Waals surface area contributed by atoms with E-state index in [1.807, 2.05) is 0 Å². The van der Waals surface area contributed by atoms with Gasteiger partial charge in [0.15, 0.2) is 0 Å². The Hall–Kier alpha value is -0.970. The van der Waals surface area contributed by atoms with E-state index in [1.54, 1.807) is 12.2 Å². The van der Waals surface area contributed by atoms with E-state index in [1.165, 1.54) is 0 Å². The molecule has 0 saturated carbocycles. The molecule has 10 heteroatoms. The van der Waals surface area contributed by atoms with Crippen molar-refractivity contribution in [2.24, 2.45) is 11.8 Å². The molecule has 2 aliphatic rings. The van der Waals surface area contributed by atoms with Crippen LogP contribution in [0.3, 0.4) is 0 Å². The number of ether oxygens (including phenoxy) is 1. The van der Waals surface area contributed by atoms with Crippen LogP contribution in [-0.2, 0) is 24.9 Å². The number of carbonyl (C=O) groups is 1. The minimum atomic E-state index is -5.07. The van der Waals surface area contributed by atoms with Gasteiger partial charge in [0.2, 0.25) is 0 Å². The zero-order chi connectivity index (χ0) is 15.1. The molecule has 2 heterocycles. The van der Waals surface area contributed by atoms with E-state index < -0.39 is 46.5 Å². The van der Waals surface area contributed by atoms with Crippen LogP contribution in [0.4, 0.5) is 13.2 Å². The number of amides is 1. The Morgan fingerprint density at radius 1 is 1.45 bits per heavy atom. The Bertz CT molecular complexity index is 455. The Morgan fingerprint density at radius 2 is 2.05 bits per heavy atom. The van der Waals surface area contributed by atoms with E-state index in [0.717, 1.165) is 7.05 Å². The van der Waals surface area contributed by atoms with E-state index in [-0.39, 0.29) is 11.7 Å². The van der Waals surface area contributed by atoms with Gasteiger partial charge in [0.1, 0.15) is 0 Å². The third-order valence-corrected chi connectivity index (χ3v) is 3.95. The number of hydrogen-bond donors (Lipinski definition) is 1. The highest BCUT2D eigenvalue weighted by atomic mass is 32.2. The molecule has 0 spiro atoms. The van der Waals surface area contributed by atoms with Gasteiger partial charge < -0.3 is 9.84 Å². The van der Waals surface area contributed by atoms with Crippen LogP contribution >= 0.6 is 0 Å². The molecule has 5 atom stereocenters. The number of carbonyl (C=O) groups excluding carboxylic acids is 1. The van der Waals surface area contributed by atoms with Crippen LogP contribution in [0, 0.1) is 11.8 Å². The summed E-state index contributed by atoms with van der Waals surface area (Å²) in [6.45, 7) is -0.349. The van der Waals surface area contributed by atoms with Crippen molar-refractivity contribution in [2.45, 2.75) is 17.7 Å². The van der Waals surface area contributed by atoms with E-state index in [0.29, 0.717) is 0 Å². The molecule has 1 N–H and O–H groups in total. The molecule has 1 amide bonds. The molecule has 2 rings (SSSR count). The summed E-state index contributed by atoms with van der Waals surface area (Å²) in [5.74, 6) is -2.23. The van der Waals surface area contributed by atoms with Gasteiger partial charge in [-0.05, 0) is 0 Å². The molecule has 0 aromatic carbocycles. The van der Waals surface area contributed by atoms with E-state index in [2.05, 4.69) is 4.28 Å². The van der Waals surface area contributed by atoms with Crippen LogP contribution in [0.25, 0.3) is 0 Å². The second-order valence-corrected chi connectivity index (χ2v) is 5.49. The molecule has 6 nitrogen and oxygen atoms in total. The van der Waals surface area contributed by atoms with E-state index in [9.17, 15) is 27.3 Å². The number of aliphatic hydroxyl groups is 1. The van der Waals surface area contributed by atoms with Crippen molar-refractivity contribution in [2.75, 3.05) is 13.7 Å². The lowest BCUT2D eigenvalue weighted by molar-refractivity contribution is -0.161. The number of nitrogens with zero attached hydrogens (tertiary/aromatic N) is 1. The van der Waals surface area contributed by atoms with Crippen molar-refractivity contribution >= 4 is 17.0 Å². The first-order chi connectivity index (χ1) is 9.25. The van der Waals surface area contributed by atoms with Gasteiger partial charge in [-0.2, -0.15) is 17.5 Å². The molecule has 114 valence electrons. The number of hydroxylamine groups is 2. The minimum Gasteiger partial charge on any atom is -0.396 e. The lowest BCUT2D eigenvalue weighted by Gasteiger charge is -2.26. The van der Waals surface area contributed by atoms with Crippen LogP contribution < -0.4 is 0 Å². The molecular formula is C10H12F3NO5S. The first-order valence-electron chi connectivity index (χ1n) is 5.65. The van der Waals surface area contributed by atoms with Gasteiger partial charge in [-0.25, -0.2) is 9.27 Å². The van der Waals surface area contributed by atoms with Gasteiger partial charge in [-0.3, -0.25) is 4.79 Å². The minimum absolute atomic E-state index is 0.287. The van der Waals surface area contributed by atoms with Crippen molar-refractivity contribution in [1.29, 1.82) is 0 Å². The second kappa shape index (κ2) is 5.43. The van der Waals surface area contributed by atoms with Gasteiger partial charge in [-0.1, -0.05) is 12.2 Å². The summed E-state index contributed by atoms with van der Waals surface area (Å²) in [6.07, 6.45) is 2.23. The zero-order valence-electron chi connectivity index (χ0n) is 10.2. The molecule has 5 unspecified atom stereocenters. The fraction of sp³-hybridized carbons (Fsp3) is 0.700. The summed E-state index contributed by atoms with van der Waals surface area (Å²) >= 11 is -3.62. The van der Waals surface area contributed by atoms with Crippen LogP contribution in [-0.4, -0.2) is 51.7 Å². The Labute approximate surface area is 114 Å². The van der Waals surface area contributed by atoms with Gasteiger partial charge in [-0.15, -0.1) is 0 Å². The van der Waals surface area contributed by atoms with Crippen molar-refractivity contribution in [3.05, 3.63) is 12.2 Å². The quantitative estimate of drug-likeness (QED) is 0.589. The number of alkyl halides is 3. The third kappa shape index (κ3) is 2.73. The maximum Gasteiger partial charge on any atom is 0.499 e. The third-order valence-electron chi connectivity index (χ3n) is 3.22. The van der Waals surface area contributed by atoms with Gasteiger partial charge >= 0.3 is 5.51 Å². The number of rotatable bonds is 4. The van der Waals surface area contributed by atoms with Gasteiger partial charge in [0.25, 0.3) is 17.0 Å². The number of fused-ring (bicyclic) bond motifs is 2. The standard InChI is InChI=1S/C10H12F3NO5S/c1-14(19-20(17)10(11,12)13)9(16)8-5(4-15)6-2-3-7(8)18-6/h2-3,5-8,15H,4H2,1H3. The Morgan fingerprint density at radius 3 is 2.60 bits per heavy atom. The van der Waals surface area contributed by atoms with Crippen LogP contribution in [0.5, 0.6) is 0 Å². The predicted octanol–water partition coefficient (Wildman–Crippen LogP) is 0.122. The number of halogens is 3. The maximum absolute atomic E-state index is 12.1. The lowest BCUT2D eigenvalue weighted by Crippen LogP contribution is -2.43. The molecule has 20 heavy (non-hydrogen) atoms. The maximum atomic E-state index is 12.1. The Kier molecular flexibility index (Phi) is 4.19. The molecular weight excluding hydrogens is 303 g/mol. The smallest absolute Gasteiger partial charge is 0.396 e. The molecule has 2 bridgehead atoms. The highest BCUT2D eigenvalue weighted by Crippen LogP contribution is 2.39. The van der Waals surface area contributed by atoms with Crippen molar-refractivity contribution in [3.63, 3.8) is 0 Å². The summed E-state index contributed by atoms with van der Waals surface area (Å²) < 4.78 is 56.5. The molecule has 1 saturated heterocycles. The summed E-state index contributed by atoms with van der Waals surface area (Å²) in [5, 5.41) is 9.52. The molecule has 0 radical (unpaired) electrons. The monoisotopic (exact) mass is 315 g/mol. The van der Waals surface area contributed by atoms with E-state index in [4.69, 9.17) is 4.74 Å². The zero-order valence-corrected chi connectivity index (χ0v) is 11.1. The summed E-state index contributed by atoms with van der Waals surface area (Å²) in [6, 6.07) is 0. The number of aliphatic hydroxyl groups excluding tert-OH is 1. The van der Waals surface area contributed by atoms with Crippen molar-refractivity contribution in [1.82, 2.24) is 5.06 Å². The summed E-state index contributed by atoms with van der Waals surface area (Å²) in [4.78, 5) is 12.0. The molecule has 0 aromatic heterocycles. The van der Waals surface area contributed by atoms with Crippen LogP contribution in [0.1, 0.15) is 0 Å². The molecule has 1 fully saturated rings. The second-order valence-electron chi connectivity index (χ2n) is 4.41. The highest BCUT2D eigenvalue weighted by Gasteiger charge is 2.51. The summed E-state index contributed by atoms with van der Waals surface area (Å²) in [7, 11) is 0.941. The molecule has 2 aliphatic heterocycles. The number of hydrogen-bond acceptors (Lipinski definition) is 5. The fourth-order valence-electron chi connectivity index (χ4n) is 2.32. The first-order valence-corrected chi connectivity index (χ1v) is 6.72. The topological polar surface area (TPSA) is 76.1 Å². The largest absolute Gasteiger partial charge is 0.499 e. The lowest BCUT2D eigenvalue weighted by atomic mass is 9.83. The first kappa shape index (κ1) is 15.4. The summed E-state index contributed by atoms with van der Waals surface area (Å²) in [5.41, 5.74) is -5.07. The van der Waals surface area contributed by atoms with Crippen LogP contribution in [0.2, 0.25) is 0 Å². The molecule has 0 aliphatic carbocycles. The average molecular weight is 315 g/mol. The SMILES string of the molecule is CN(OS(=O)C(F)(F)F)C(=O)C1C2C=CC(O2)C1CO.